The van der Waals surface area contributed by atoms with Crippen LogP contribution in [0.15, 0.2) is 18.2 Å². The molecule has 1 aliphatic carbocycles. The van der Waals surface area contributed by atoms with E-state index in [0.29, 0.717) is 11.4 Å². The molecule has 21 heavy (non-hydrogen) atoms. The van der Waals surface area contributed by atoms with Crippen LogP contribution in [0.1, 0.15) is 25.7 Å². The first-order valence-electron chi connectivity index (χ1n) is 7.07. The van der Waals surface area contributed by atoms with Gasteiger partial charge in [-0.1, -0.05) is 18.0 Å². The fourth-order valence-electron chi connectivity index (χ4n) is 2.81. The summed E-state index contributed by atoms with van der Waals surface area (Å²) in [4.78, 5) is 1.90. The standard InChI is InChI=1S/C15H20ClF3N2/c1-21(2)14-7-6-12(9-13(14)16)20-11-5-3-4-10(8-11)15(17,18)19/h6-7,9-11,20H,3-5,8H2,1-2H3. The van der Waals surface area contributed by atoms with Gasteiger partial charge in [-0.25, -0.2) is 0 Å². The monoisotopic (exact) mass is 320 g/mol. The van der Waals surface area contributed by atoms with Gasteiger partial charge in [0, 0.05) is 25.8 Å². The zero-order valence-electron chi connectivity index (χ0n) is 12.2. The Balaban J connectivity index is 2.03. The quantitative estimate of drug-likeness (QED) is 0.848. The molecule has 0 saturated heterocycles. The van der Waals surface area contributed by atoms with Crippen molar-refractivity contribution >= 4 is 23.0 Å². The summed E-state index contributed by atoms with van der Waals surface area (Å²) in [6.45, 7) is 0. The zero-order chi connectivity index (χ0) is 15.6. The largest absolute Gasteiger partial charge is 0.391 e. The number of hydrogen-bond acceptors (Lipinski definition) is 2. The highest BCUT2D eigenvalue weighted by molar-refractivity contribution is 6.33. The molecule has 0 spiro atoms. The first kappa shape index (κ1) is 16.3. The maximum absolute atomic E-state index is 12.8. The predicted octanol–water partition coefficient (Wildman–Crippen LogP) is 4.94. The lowest BCUT2D eigenvalue weighted by Gasteiger charge is -2.31. The fourth-order valence-corrected chi connectivity index (χ4v) is 3.16. The van der Waals surface area contributed by atoms with Crippen LogP contribution in [0.25, 0.3) is 0 Å². The van der Waals surface area contributed by atoms with Gasteiger partial charge in [0.1, 0.15) is 0 Å². The highest BCUT2D eigenvalue weighted by Crippen LogP contribution is 2.38. The Morgan fingerprint density at radius 1 is 1.24 bits per heavy atom. The summed E-state index contributed by atoms with van der Waals surface area (Å²) in [5, 5.41) is 3.78. The van der Waals surface area contributed by atoms with E-state index in [2.05, 4.69) is 5.32 Å². The number of hydrogen-bond donors (Lipinski definition) is 1. The Kier molecular flexibility index (Phi) is 4.91. The molecule has 2 atom stereocenters. The van der Waals surface area contributed by atoms with Crippen molar-refractivity contribution in [2.75, 3.05) is 24.3 Å². The Morgan fingerprint density at radius 3 is 2.52 bits per heavy atom. The summed E-state index contributed by atoms with van der Waals surface area (Å²) in [5.41, 5.74) is 1.66. The fraction of sp³-hybridized carbons (Fsp3) is 0.600. The van der Waals surface area contributed by atoms with Crippen molar-refractivity contribution in [3.05, 3.63) is 23.2 Å². The van der Waals surface area contributed by atoms with Gasteiger partial charge in [-0.05, 0) is 37.5 Å². The van der Waals surface area contributed by atoms with Crippen molar-refractivity contribution in [2.45, 2.75) is 37.9 Å². The second kappa shape index (κ2) is 6.34. The van der Waals surface area contributed by atoms with Gasteiger partial charge in [-0.15, -0.1) is 0 Å². The molecule has 2 unspecified atom stereocenters. The Labute approximate surface area is 128 Å². The predicted molar refractivity (Wildman–Crippen MR) is 81.2 cm³/mol. The van der Waals surface area contributed by atoms with E-state index < -0.39 is 12.1 Å². The number of nitrogens with one attached hydrogen (secondary N) is 1. The highest BCUT2D eigenvalue weighted by atomic mass is 35.5. The molecular weight excluding hydrogens is 301 g/mol. The van der Waals surface area contributed by atoms with Gasteiger partial charge < -0.3 is 10.2 Å². The van der Waals surface area contributed by atoms with Crippen LogP contribution >= 0.6 is 11.6 Å². The number of rotatable bonds is 3. The van der Waals surface area contributed by atoms with Crippen molar-refractivity contribution < 1.29 is 13.2 Å². The van der Waals surface area contributed by atoms with E-state index in [4.69, 9.17) is 11.6 Å². The molecule has 1 aromatic carbocycles. The van der Waals surface area contributed by atoms with Crippen molar-refractivity contribution in [2.24, 2.45) is 5.92 Å². The molecule has 1 N–H and O–H groups in total. The molecule has 0 bridgehead atoms. The van der Waals surface area contributed by atoms with Crippen LogP contribution in [0.2, 0.25) is 5.02 Å². The van der Waals surface area contributed by atoms with Crippen molar-refractivity contribution in [3.8, 4) is 0 Å². The van der Waals surface area contributed by atoms with Crippen molar-refractivity contribution in [1.82, 2.24) is 0 Å². The van der Waals surface area contributed by atoms with E-state index in [1.165, 1.54) is 0 Å². The van der Waals surface area contributed by atoms with E-state index in [0.717, 1.165) is 17.8 Å². The maximum atomic E-state index is 12.8. The molecule has 0 heterocycles. The van der Waals surface area contributed by atoms with Gasteiger partial charge in [0.25, 0.3) is 0 Å². The van der Waals surface area contributed by atoms with E-state index in [-0.39, 0.29) is 18.9 Å². The third kappa shape index (κ3) is 4.19. The lowest BCUT2D eigenvalue weighted by molar-refractivity contribution is -0.182. The molecule has 6 heteroatoms. The highest BCUT2D eigenvalue weighted by Gasteiger charge is 2.42. The molecule has 1 fully saturated rings. The Hall–Kier alpha value is -1.10. The van der Waals surface area contributed by atoms with Crippen LogP contribution in [0, 0.1) is 5.92 Å². The van der Waals surface area contributed by atoms with Crippen molar-refractivity contribution in [3.63, 3.8) is 0 Å². The lowest BCUT2D eigenvalue weighted by Crippen LogP contribution is -2.34. The molecule has 1 aliphatic rings. The van der Waals surface area contributed by atoms with Gasteiger partial charge in [-0.3, -0.25) is 0 Å². The number of alkyl halides is 3. The summed E-state index contributed by atoms with van der Waals surface area (Å²) in [6.07, 6.45) is -2.35. The van der Waals surface area contributed by atoms with E-state index in [9.17, 15) is 13.2 Å². The second-order valence-corrected chi connectivity index (χ2v) is 6.21. The summed E-state index contributed by atoms with van der Waals surface area (Å²) >= 11 is 6.18. The second-order valence-electron chi connectivity index (χ2n) is 5.81. The molecule has 2 rings (SSSR count). The van der Waals surface area contributed by atoms with Gasteiger partial charge in [0.2, 0.25) is 0 Å². The molecule has 118 valence electrons. The summed E-state index contributed by atoms with van der Waals surface area (Å²) < 4.78 is 38.4. The third-order valence-corrected chi connectivity index (χ3v) is 4.24. The van der Waals surface area contributed by atoms with Crippen LogP contribution in [-0.4, -0.2) is 26.3 Å². The molecule has 0 aliphatic heterocycles. The zero-order valence-corrected chi connectivity index (χ0v) is 12.9. The molecule has 0 radical (unpaired) electrons. The van der Waals surface area contributed by atoms with Gasteiger partial charge in [0.05, 0.1) is 16.6 Å². The first-order chi connectivity index (χ1) is 9.77. The van der Waals surface area contributed by atoms with Gasteiger partial charge in [-0.2, -0.15) is 13.2 Å². The SMILES string of the molecule is CN(C)c1ccc(NC2CCCC(C(F)(F)F)C2)cc1Cl. The van der Waals surface area contributed by atoms with Crippen LogP contribution in [-0.2, 0) is 0 Å². The molecule has 0 aromatic heterocycles. The van der Waals surface area contributed by atoms with E-state index in [1.807, 2.05) is 31.1 Å². The third-order valence-electron chi connectivity index (χ3n) is 3.94. The number of benzene rings is 1. The average Bonchev–Trinajstić information content (AvgIpc) is 2.37. The lowest BCUT2D eigenvalue weighted by atomic mass is 9.85. The topological polar surface area (TPSA) is 15.3 Å². The van der Waals surface area contributed by atoms with Crippen LogP contribution < -0.4 is 10.2 Å². The minimum absolute atomic E-state index is 0.135. The first-order valence-corrected chi connectivity index (χ1v) is 7.45. The number of nitrogens with zero attached hydrogens (tertiary/aromatic N) is 1. The smallest absolute Gasteiger partial charge is 0.382 e. The minimum Gasteiger partial charge on any atom is -0.382 e. The van der Waals surface area contributed by atoms with Crippen LogP contribution in [0.5, 0.6) is 0 Å². The summed E-state index contributed by atoms with van der Waals surface area (Å²) in [5.74, 6) is -1.19. The van der Waals surface area contributed by atoms with Gasteiger partial charge in [0.15, 0.2) is 0 Å². The van der Waals surface area contributed by atoms with Crippen LogP contribution in [0.3, 0.4) is 0 Å². The van der Waals surface area contributed by atoms with Crippen molar-refractivity contribution in [1.29, 1.82) is 0 Å². The Bertz CT molecular complexity index is 488. The molecule has 0 amide bonds. The average molecular weight is 321 g/mol. The van der Waals surface area contributed by atoms with E-state index >= 15 is 0 Å². The maximum Gasteiger partial charge on any atom is 0.391 e. The Morgan fingerprint density at radius 2 is 1.95 bits per heavy atom. The minimum atomic E-state index is -4.09. The normalized spacial score (nSPS) is 23.0. The number of anilines is 2. The molecule has 1 aromatic rings. The molecular formula is C15H20ClF3N2. The number of halogens is 4. The van der Waals surface area contributed by atoms with Gasteiger partial charge >= 0.3 is 6.18 Å². The summed E-state index contributed by atoms with van der Waals surface area (Å²) in [6, 6.07) is 5.35. The molecule has 2 nitrogen and oxygen atoms in total. The van der Waals surface area contributed by atoms with Crippen LogP contribution in [0.4, 0.5) is 24.5 Å². The van der Waals surface area contributed by atoms with E-state index in [1.54, 1.807) is 6.07 Å². The summed E-state index contributed by atoms with van der Waals surface area (Å²) in [7, 11) is 3.78. The molecule has 1 saturated carbocycles.